The molecule has 4 aromatic carbocycles. The molecule has 27 heavy (non-hydrogen) atoms. The molecular weight excluding hydrogens is 352 g/mol. The molecule has 132 valence electrons. The second-order valence-electron chi connectivity index (χ2n) is 6.39. The summed E-state index contributed by atoms with van der Waals surface area (Å²) in [5.41, 5.74) is 7.13. The predicted octanol–water partition coefficient (Wildman–Crippen LogP) is 7.35. The van der Waals surface area contributed by atoms with Crippen LogP contribution in [0.25, 0.3) is 33.4 Å². The van der Waals surface area contributed by atoms with Gasteiger partial charge in [0.15, 0.2) is 0 Å². The first-order valence-corrected chi connectivity index (χ1v) is 9.21. The summed E-state index contributed by atoms with van der Waals surface area (Å²) >= 11 is 5.97. The van der Waals surface area contributed by atoms with E-state index in [1.165, 1.54) is 33.4 Å². The van der Waals surface area contributed by atoms with E-state index >= 15 is 0 Å². The highest BCUT2D eigenvalue weighted by molar-refractivity contribution is 6.30. The summed E-state index contributed by atoms with van der Waals surface area (Å²) in [7, 11) is 1.68. The Morgan fingerprint density at radius 2 is 0.704 bits per heavy atom. The topological polar surface area (TPSA) is 9.23 Å². The maximum Gasteiger partial charge on any atom is 0.118 e. The van der Waals surface area contributed by atoms with Crippen LogP contribution in [0.1, 0.15) is 0 Å². The third-order valence-electron chi connectivity index (χ3n) is 4.70. The first kappa shape index (κ1) is 17.4. The second-order valence-corrected chi connectivity index (χ2v) is 6.83. The Morgan fingerprint density at radius 1 is 0.444 bits per heavy atom. The Morgan fingerprint density at radius 3 is 1.00 bits per heavy atom. The molecule has 0 atom stereocenters. The van der Waals surface area contributed by atoms with Crippen molar-refractivity contribution >= 4 is 11.6 Å². The number of benzene rings is 4. The highest BCUT2D eigenvalue weighted by Gasteiger charge is 2.03. The summed E-state index contributed by atoms with van der Waals surface area (Å²) in [5, 5.41) is 0.757. The van der Waals surface area contributed by atoms with Gasteiger partial charge in [0, 0.05) is 5.02 Å². The zero-order valence-corrected chi connectivity index (χ0v) is 15.8. The predicted molar refractivity (Wildman–Crippen MR) is 114 cm³/mol. The monoisotopic (exact) mass is 370 g/mol. The summed E-state index contributed by atoms with van der Waals surface area (Å²) in [6, 6.07) is 33.3. The summed E-state index contributed by atoms with van der Waals surface area (Å²) in [6.07, 6.45) is 0. The van der Waals surface area contributed by atoms with E-state index in [2.05, 4.69) is 60.7 Å². The van der Waals surface area contributed by atoms with E-state index in [1.807, 2.05) is 36.4 Å². The minimum Gasteiger partial charge on any atom is -0.497 e. The van der Waals surface area contributed by atoms with E-state index in [0.29, 0.717) is 0 Å². The van der Waals surface area contributed by atoms with E-state index in [1.54, 1.807) is 7.11 Å². The van der Waals surface area contributed by atoms with E-state index in [9.17, 15) is 0 Å². The van der Waals surface area contributed by atoms with Crippen LogP contribution in [0.3, 0.4) is 0 Å². The third-order valence-corrected chi connectivity index (χ3v) is 4.96. The summed E-state index contributed by atoms with van der Waals surface area (Å²) < 4.78 is 5.22. The van der Waals surface area contributed by atoms with Gasteiger partial charge >= 0.3 is 0 Å². The van der Waals surface area contributed by atoms with Gasteiger partial charge in [-0.15, -0.1) is 0 Å². The second kappa shape index (κ2) is 7.69. The number of methoxy groups -OCH3 is 1. The fraction of sp³-hybridized carbons (Fsp3) is 0.0400. The Bertz CT molecular complexity index is 1020. The maximum atomic E-state index is 5.97. The summed E-state index contributed by atoms with van der Waals surface area (Å²) in [6.45, 7) is 0. The highest BCUT2D eigenvalue weighted by Crippen LogP contribution is 2.28. The van der Waals surface area contributed by atoms with Gasteiger partial charge in [0.05, 0.1) is 7.11 Å². The number of hydrogen-bond acceptors (Lipinski definition) is 1. The van der Waals surface area contributed by atoms with Crippen molar-refractivity contribution in [2.75, 3.05) is 7.11 Å². The molecule has 0 aliphatic heterocycles. The van der Waals surface area contributed by atoms with Gasteiger partial charge in [0.2, 0.25) is 0 Å². The molecule has 0 aliphatic carbocycles. The van der Waals surface area contributed by atoms with Gasteiger partial charge in [0.1, 0.15) is 5.75 Å². The fourth-order valence-corrected chi connectivity index (χ4v) is 3.26. The van der Waals surface area contributed by atoms with Crippen molar-refractivity contribution in [1.29, 1.82) is 0 Å². The molecule has 0 aliphatic rings. The third kappa shape index (κ3) is 3.89. The molecule has 1 nitrogen and oxygen atoms in total. The van der Waals surface area contributed by atoms with Gasteiger partial charge in [-0.05, 0) is 57.6 Å². The molecule has 2 heteroatoms. The quantitative estimate of drug-likeness (QED) is 0.365. The maximum absolute atomic E-state index is 5.97. The molecule has 0 fully saturated rings. The molecule has 4 aromatic rings. The Labute approximate surface area is 164 Å². The zero-order valence-electron chi connectivity index (χ0n) is 15.0. The van der Waals surface area contributed by atoms with Gasteiger partial charge in [-0.1, -0.05) is 84.4 Å². The Balaban J connectivity index is 1.55. The summed E-state index contributed by atoms with van der Waals surface area (Å²) in [5.74, 6) is 0.871. The highest BCUT2D eigenvalue weighted by atomic mass is 35.5. The van der Waals surface area contributed by atoms with Crippen LogP contribution in [0, 0.1) is 0 Å². The largest absolute Gasteiger partial charge is 0.497 e. The standard InChI is InChI=1S/C25H19ClO/c1-27-25-16-12-23(13-17-25)21-8-4-19(5-9-21)18-2-6-20(7-3-18)22-10-14-24(26)15-11-22/h2-17H,1H3. The van der Waals surface area contributed by atoms with Crippen molar-refractivity contribution in [3.8, 4) is 39.1 Å². The van der Waals surface area contributed by atoms with Crippen LogP contribution in [-0.4, -0.2) is 7.11 Å². The van der Waals surface area contributed by atoms with Gasteiger partial charge in [-0.2, -0.15) is 0 Å². The van der Waals surface area contributed by atoms with Gasteiger partial charge in [-0.25, -0.2) is 0 Å². The first-order chi connectivity index (χ1) is 13.2. The molecule has 0 unspecified atom stereocenters. The average molecular weight is 371 g/mol. The van der Waals surface area contributed by atoms with Crippen molar-refractivity contribution < 1.29 is 4.74 Å². The van der Waals surface area contributed by atoms with Crippen LogP contribution >= 0.6 is 11.6 Å². The molecule has 4 rings (SSSR count). The lowest BCUT2D eigenvalue weighted by Gasteiger charge is -2.07. The smallest absolute Gasteiger partial charge is 0.118 e. The van der Waals surface area contributed by atoms with Gasteiger partial charge < -0.3 is 4.74 Å². The fourth-order valence-electron chi connectivity index (χ4n) is 3.14. The van der Waals surface area contributed by atoms with Gasteiger partial charge in [0.25, 0.3) is 0 Å². The van der Waals surface area contributed by atoms with Crippen LogP contribution in [0.4, 0.5) is 0 Å². The van der Waals surface area contributed by atoms with E-state index in [4.69, 9.17) is 16.3 Å². The minimum absolute atomic E-state index is 0.757. The average Bonchev–Trinajstić information content (AvgIpc) is 2.75. The SMILES string of the molecule is COc1ccc(-c2ccc(-c3ccc(-c4ccc(Cl)cc4)cc3)cc2)cc1. The molecule has 0 radical (unpaired) electrons. The lowest BCUT2D eigenvalue weighted by molar-refractivity contribution is 0.415. The molecule has 0 saturated carbocycles. The molecule has 0 saturated heterocycles. The molecule has 0 aromatic heterocycles. The van der Waals surface area contributed by atoms with E-state index in [0.717, 1.165) is 10.8 Å². The minimum atomic E-state index is 0.757. The number of halogens is 1. The lowest BCUT2D eigenvalue weighted by Crippen LogP contribution is -1.84. The Kier molecular flexibility index (Phi) is 4.95. The van der Waals surface area contributed by atoms with Crippen molar-refractivity contribution in [1.82, 2.24) is 0 Å². The molecule has 0 amide bonds. The normalized spacial score (nSPS) is 10.6. The van der Waals surface area contributed by atoms with Crippen LogP contribution in [0.15, 0.2) is 97.1 Å². The first-order valence-electron chi connectivity index (χ1n) is 8.84. The van der Waals surface area contributed by atoms with Crippen molar-refractivity contribution in [2.24, 2.45) is 0 Å². The van der Waals surface area contributed by atoms with E-state index < -0.39 is 0 Å². The molecule has 0 N–H and O–H groups in total. The van der Waals surface area contributed by atoms with Crippen molar-refractivity contribution in [2.45, 2.75) is 0 Å². The van der Waals surface area contributed by atoms with E-state index in [-0.39, 0.29) is 0 Å². The molecule has 0 bridgehead atoms. The van der Waals surface area contributed by atoms with Crippen molar-refractivity contribution in [3.05, 3.63) is 102 Å². The molecule has 0 spiro atoms. The number of ether oxygens (including phenoxy) is 1. The Hall–Kier alpha value is -3.03. The van der Waals surface area contributed by atoms with Crippen LogP contribution in [0.5, 0.6) is 5.75 Å². The van der Waals surface area contributed by atoms with Crippen LogP contribution in [-0.2, 0) is 0 Å². The molecule has 0 heterocycles. The van der Waals surface area contributed by atoms with Gasteiger partial charge in [-0.3, -0.25) is 0 Å². The molecular formula is C25H19ClO. The lowest BCUT2D eigenvalue weighted by atomic mass is 9.98. The number of rotatable bonds is 4. The number of hydrogen-bond donors (Lipinski definition) is 0. The van der Waals surface area contributed by atoms with Crippen LogP contribution in [0.2, 0.25) is 5.02 Å². The summed E-state index contributed by atoms with van der Waals surface area (Å²) in [4.78, 5) is 0. The zero-order chi connectivity index (χ0) is 18.6. The van der Waals surface area contributed by atoms with Crippen LogP contribution < -0.4 is 4.74 Å². The van der Waals surface area contributed by atoms with Crippen molar-refractivity contribution in [3.63, 3.8) is 0 Å².